The molecule has 0 aliphatic carbocycles. The van der Waals surface area contributed by atoms with Crippen LogP contribution in [0.15, 0.2) is 30.5 Å². The van der Waals surface area contributed by atoms with Crippen molar-refractivity contribution in [2.24, 2.45) is 0 Å². The van der Waals surface area contributed by atoms with Crippen LogP contribution in [0.1, 0.15) is 42.3 Å². The maximum absolute atomic E-state index is 12.9. The summed E-state index contributed by atoms with van der Waals surface area (Å²) in [7, 11) is 1.31. The molecule has 5 nitrogen and oxygen atoms in total. The molecule has 7 heteroatoms. The van der Waals surface area contributed by atoms with Crippen LogP contribution in [0.4, 0.5) is 15.8 Å². The lowest BCUT2D eigenvalue weighted by Gasteiger charge is -2.16. The highest BCUT2D eigenvalue weighted by Crippen LogP contribution is 2.28. The summed E-state index contributed by atoms with van der Waals surface area (Å²) < 4.78 is 17.6. The Morgan fingerprint density at radius 2 is 1.80 bits per heavy atom. The maximum Gasteiger partial charge on any atom is 0.338 e. The van der Waals surface area contributed by atoms with Crippen molar-refractivity contribution in [2.75, 3.05) is 12.4 Å². The van der Waals surface area contributed by atoms with Gasteiger partial charge in [0.25, 0.3) is 0 Å². The molecule has 0 saturated heterocycles. The molecule has 0 unspecified atom stereocenters. The first-order valence-corrected chi connectivity index (χ1v) is 7.60. The molecule has 0 spiro atoms. The van der Waals surface area contributed by atoms with Crippen LogP contribution in [0.25, 0.3) is 0 Å². The third-order valence-electron chi connectivity index (χ3n) is 3.27. The summed E-state index contributed by atoms with van der Waals surface area (Å²) in [4.78, 5) is 15.4. The van der Waals surface area contributed by atoms with Gasteiger partial charge in [-0.2, -0.15) is 4.39 Å². The van der Waals surface area contributed by atoms with Gasteiger partial charge in [-0.15, -0.1) is 24.0 Å². The van der Waals surface area contributed by atoms with E-state index >= 15 is 0 Å². The first kappa shape index (κ1) is 23.0. The van der Waals surface area contributed by atoms with Crippen molar-refractivity contribution in [2.45, 2.75) is 27.7 Å². The molecule has 0 radical (unpaired) electrons. The Morgan fingerprint density at radius 3 is 2.28 bits per heavy atom. The average molecular weight is 459 g/mol. The van der Waals surface area contributed by atoms with Gasteiger partial charge < -0.3 is 15.5 Å². The van der Waals surface area contributed by atoms with E-state index < -0.39 is 11.9 Å². The first-order valence-electron chi connectivity index (χ1n) is 7.60. The van der Waals surface area contributed by atoms with Gasteiger partial charge in [-0.05, 0) is 37.6 Å². The minimum absolute atomic E-state index is 0. The van der Waals surface area contributed by atoms with Crippen molar-refractivity contribution in [3.8, 4) is 0 Å². The second-order valence-electron chi connectivity index (χ2n) is 4.77. The van der Waals surface area contributed by atoms with Crippen molar-refractivity contribution in [3.05, 3.63) is 53.1 Å². The molecule has 2 rings (SSSR count). The normalized spacial score (nSPS) is 9.20. The van der Waals surface area contributed by atoms with E-state index in [1.165, 1.54) is 25.4 Å². The number of ether oxygens (including phenoxy) is 1. The fraction of sp³-hybridized carbons (Fsp3) is 0.278. The first-order chi connectivity index (χ1) is 11.4. The highest BCUT2D eigenvalue weighted by molar-refractivity contribution is 14.0. The lowest BCUT2D eigenvalue weighted by molar-refractivity contribution is 0.0600. The van der Waals surface area contributed by atoms with E-state index in [4.69, 9.17) is 10.1 Å². The summed E-state index contributed by atoms with van der Waals surface area (Å²) in [5.74, 6) is -1.03. The summed E-state index contributed by atoms with van der Waals surface area (Å²) >= 11 is 0. The lowest BCUT2D eigenvalue weighted by Crippen LogP contribution is -2.09. The largest absolute Gasteiger partial charge is 0.465 e. The van der Waals surface area contributed by atoms with Crippen molar-refractivity contribution in [3.63, 3.8) is 0 Å². The third-order valence-corrected chi connectivity index (χ3v) is 3.27. The molecule has 1 heterocycles. The van der Waals surface area contributed by atoms with Crippen LogP contribution in [-0.2, 0) is 4.74 Å². The second-order valence-corrected chi connectivity index (χ2v) is 4.77. The van der Waals surface area contributed by atoms with Crippen molar-refractivity contribution in [1.29, 1.82) is 5.41 Å². The van der Waals surface area contributed by atoms with E-state index in [2.05, 4.69) is 10.3 Å². The molecule has 1 aromatic carbocycles. The van der Waals surface area contributed by atoms with Gasteiger partial charge >= 0.3 is 5.97 Å². The van der Waals surface area contributed by atoms with E-state index in [1.54, 1.807) is 26.0 Å². The van der Waals surface area contributed by atoms with E-state index in [0.29, 0.717) is 33.8 Å². The van der Waals surface area contributed by atoms with Crippen LogP contribution in [0, 0.1) is 18.3 Å². The number of esters is 1. The number of pyridine rings is 1. The third kappa shape index (κ3) is 5.77. The summed E-state index contributed by atoms with van der Waals surface area (Å²) in [5, 5.41) is 11.0. The molecule has 2 N–H and O–H groups in total. The number of nitrogens with one attached hydrogen (secondary N) is 2. The quantitative estimate of drug-likeness (QED) is 0.289. The molecule has 25 heavy (non-hydrogen) atoms. The highest BCUT2D eigenvalue weighted by Gasteiger charge is 2.16. The number of carbonyl (C=O) groups excluding carboxylic acids is 1. The Kier molecular flexibility index (Phi) is 9.88. The average Bonchev–Trinajstić information content (AvgIpc) is 2.59. The zero-order valence-electron chi connectivity index (χ0n) is 14.9. The van der Waals surface area contributed by atoms with Crippen LogP contribution in [0.3, 0.4) is 0 Å². The Bertz CT molecular complexity index is 734. The zero-order valence-corrected chi connectivity index (χ0v) is 17.3. The SMILES string of the molecule is CC.COC(=O)c1ccc(C(C)=N)c(Nc2ccc(F)nc2)c1C.I. The molecule has 0 saturated carbocycles. The standard InChI is InChI=1S/C16H16FN3O2.C2H6.HI/c1-9-12(16(21)22-3)5-6-13(10(2)18)15(9)20-11-4-7-14(17)19-8-11;1-2;/h4-8,18,20H,1-3H3;1-2H3;1H. The van der Waals surface area contributed by atoms with E-state index in [-0.39, 0.29) is 24.0 Å². The topological polar surface area (TPSA) is 75.1 Å². The number of anilines is 2. The van der Waals surface area contributed by atoms with Crippen LogP contribution in [0.5, 0.6) is 0 Å². The molecule has 0 aliphatic heterocycles. The fourth-order valence-electron chi connectivity index (χ4n) is 2.11. The Morgan fingerprint density at radius 1 is 1.20 bits per heavy atom. The smallest absolute Gasteiger partial charge is 0.338 e. The summed E-state index contributed by atoms with van der Waals surface area (Å²) in [6.45, 7) is 7.42. The van der Waals surface area contributed by atoms with E-state index in [9.17, 15) is 9.18 Å². The van der Waals surface area contributed by atoms with Crippen LogP contribution >= 0.6 is 24.0 Å². The Labute approximate surface area is 164 Å². The number of benzene rings is 1. The molecule has 0 bridgehead atoms. The number of hydrogen-bond acceptors (Lipinski definition) is 5. The van der Waals surface area contributed by atoms with Crippen LogP contribution in [0.2, 0.25) is 0 Å². The second kappa shape index (κ2) is 10.8. The molecule has 0 atom stereocenters. The molecule has 0 amide bonds. The number of carbonyl (C=O) groups is 1. The number of hydrogen-bond donors (Lipinski definition) is 2. The molecule has 0 aliphatic rings. The molecular formula is C18H23FIN3O2. The minimum Gasteiger partial charge on any atom is -0.465 e. The summed E-state index contributed by atoms with van der Waals surface area (Å²) in [5.41, 5.74) is 3.22. The van der Waals surface area contributed by atoms with Gasteiger partial charge in [0.15, 0.2) is 0 Å². The number of nitrogens with zero attached hydrogens (tertiary/aromatic N) is 1. The molecule has 1 aromatic heterocycles. The van der Waals surface area contributed by atoms with Gasteiger partial charge in [0.2, 0.25) is 5.95 Å². The predicted octanol–water partition coefficient (Wildman–Crippen LogP) is 5.09. The number of rotatable bonds is 4. The number of halogens is 2. The maximum atomic E-state index is 12.9. The van der Waals surface area contributed by atoms with E-state index in [0.717, 1.165) is 0 Å². The predicted molar refractivity (Wildman–Crippen MR) is 109 cm³/mol. The van der Waals surface area contributed by atoms with Gasteiger partial charge in [-0.25, -0.2) is 9.78 Å². The molecule has 2 aromatic rings. The van der Waals surface area contributed by atoms with Crippen molar-refractivity contribution >= 4 is 47.0 Å². The van der Waals surface area contributed by atoms with Crippen LogP contribution in [-0.4, -0.2) is 23.8 Å². The molecule has 0 fully saturated rings. The zero-order chi connectivity index (χ0) is 18.3. The monoisotopic (exact) mass is 459 g/mol. The van der Waals surface area contributed by atoms with Gasteiger partial charge in [0, 0.05) is 11.3 Å². The van der Waals surface area contributed by atoms with E-state index in [1.807, 2.05) is 13.8 Å². The van der Waals surface area contributed by atoms with Gasteiger partial charge in [-0.1, -0.05) is 19.9 Å². The van der Waals surface area contributed by atoms with Crippen molar-refractivity contribution in [1.82, 2.24) is 4.98 Å². The Hall–Kier alpha value is -2.03. The Balaban J connectivity index is 0.00000185. The number of aromatic nitrogens is 1. The van der Waals surface area contributed by atoms with Gasteiger partial charge in [0.05, 0.1) is 30.2 Å². The summed E-state index contributed by atoms with van der Waals surface area (Å²) in [6, 6.07) is 6.08. The summed E-state index contributed by atoms with van der Waals surface area (Å²) in [6.07, 6.45) is 1.35. The lowest BCUT2D eigenvalue weighted by atomic mass is 9.99. The van der Waals surface area contributed by atoms with Crippen LogP contribution < -0.4 is 5.32 Å². The number of methoxy groups -OCH3 is 1. The fourth-order valence-corrected chi connectivity index (χ4v) is 2.11. The van der Waals surface area contributed by atoms with Crippen molar-refractivity contribution < 1.29 is 13.9 Å². The molecular weight excluding hydrogens is 436 g/mol. The van der Waals surface area contributed by atoms with Gasteiger partial charge in [-0.3, -0.25) is 0 Å². The van der Waals surface area contributed by atoms with Gasteiger partial charge in [0.1, 0.15) is 0 Å². The minimum atomic E-state index is -0.575. The highest BCUT2D eigenvalue weighted by atomic mass is 127. The molecule has 136 valence electrons.